The van der Waals surface area contributed by atoms with Gasteiger partial charge in [-0.1, -0.05) is 6.07 Å². The summed E-state index contributed by atoms with van der Waals surface area (Å²) in [5.41, 5.74) is 0.140. The van der Waals surface area contributed by atoms with Crippen LogP contribution in [-0.4, -0.2) is 68.5 Å². The molecular weight excluding hydrogens is 327 g/mol. The number of hydrogen-bond acceptors (Lipinski definition) is 5. The number of carbonyl (C=O) groups is 2. The van der Waals surface area contributed by atoms with Gasteiger partial charge in [-0.25, -0.2) is 12.8 Å². The minimum Gasteiger partial charge on any atom is -0.468 e. The fraction of sp³-hybridized carbons (Fsp3) is 0.429. The van der Waals surface area contributed by atoms with Gasteiger partial charge in [0.15, 0.2) is 0 Å². The van der Waals surface area contributed by atoms with Crippen molar-refractivity contribution in [3.63, 3.8) is 0 Å². The molecule has 23 heavy (non-hydrogen) atoms. The van der Waals surface area contributed by atoms with Gasteiger partial charge in [-0.3, -0.25) is 9.59 Å². The lowest BCUT2D eigenvalue weighted by atomic mass is 10.1. The maximum Gasteiger partial charge on any atom is 0.326 e. The van der Waals surface area contributed by atoms with Crippen LogP contribution in [0.4, 0.5) is 4.39 Å². The molecule has 1 saturated heterocycles. The topological polar surface area (TPSA) is 84.0 Å². The molecule has 7 nitrogen and oxygen atoms in total. The van der Waals surface area contributed by atoms with Crippen LogP contribution >= 0.6 is 0 Å². The standard InChI is InChI=1S/C14H17FN2O5S/c1-22-14(19)12-9-16(6-7-17(12)23(2,20)21)13(18)10-4-3-5-11(15)8-10/h3-5,8,12H,6-7,9H2,1-2H3/t12-/m1/s1. The van der Waals surface area contributed by atoms with Crippen molar-refractivity contribution in [1.29, 1.82) is 0 Å². The molecule has 1 heterocycles. The molecule has 1 amide bonds. The Morgan fingerprint density at radius 1 is 1.30 bits per heavy atom. The summed E-state index contributed by atoms with van der Waals surface area (Å²) in [5.74, 6) is -1.76. The summed E-state index contributed by atoms with van der Waals surface area (Å²) in [7, 11) is -2.47. The Kier molecular flexibility index (Phi) is 5.00. The summed E-state index contributed by atoms with van der Waals surface area (Å²) in [4.78, 5) is 25.6. The number of hydrogen-bond donors (Lipinski definition) is 0. The zero-order valence-corrected chi connectivity index (χ0v) is 13.5. The molecule has 0 bridgehead atoms. The van der Waals surface area contributed by atoms with E-state index in [0.717, 1.165) is 23.7 Å². The Morgan fingerprint density at radius 2 is 2.00 bits per heavy atom. The Hall–Kier alpha value is -2.00. The molecule has 1 aromatic carbocycles. The van der Waals surface area contributed by atoms with Crippen molar-refractivity contribution in [2.45, 2.75) is 6.04 Å². The van der Waals surface area contributed by atoms with E-state index in [1.807, 2.05) is 0 Å². The van der Waals surface area contributed by atoms with Crippen LogP contribution < -0.4 is 0 Å². The summed E-state index contributed by atoms with van der Waals surface area (Å²) in [6.07, 6.45) is 0.993. The van der Waals surface area contributed by atoms with Gasteiger partial charge in [-0.15, -0.1) is 0 Å². The van der Waals surface area contributed by atoms with Crippen LogP contribution in [0.5, 0.6) is 0 Å². The SMILES string of the molecule is COC(=O)[C@H]1CN(C(=O)c2cccc(F)c2)CCN1S(C)(=O)=O. The highest BCUT2D eigenvalue weighted by atomic mass is 32.2. The lowest BCUT2D eigenvalue weighted by Gasteiger charge is -2.38. The first-order valence-corrected chi connectivity index (χ1v) is 8.68. The Morgan fingerprint density at radius 3 is 2.57 bits per heavy atom. The minimum absolute atomic E-state index is 0.0281. The van der Waals surface area contributed by atoms with E-state index in [1.54, 1.807) is 0 Å². The monoisotopic (exact) mass is 344 g/mol. The zero-order valence-electron chi connectivity index (χ0n) is 12.7. The molecule has 126 valence electrons. The molecule has 0 aliphatic carbocycles. The van der Waals surface area contributed by atoms with Crippen molar-refractivity contribution in [3.8, 4) is 0 Å². The molecule has 9 heteroatoms. The van der Waals surface area contributed by atoms with Crippen LogP contribution in [0.3, 0.4) is 0 Å². The van der Waals surface area contributed by atoms with Crippen molar-refractivity contribution >= 4 is 21.9 Å². The number of rotatable bonds is 3. The molecule has 0 unspecified atom stereocenters. The van der Waals surface area contributed by atoms with Gasteiger partial charge in [0, 0.05) is 25.2 Å². The number of piperazine rings is 1. The summed E-state index contributed by atoms with van der Waals surface area (Å²) in [6, 6.07) is 4.07. The van der Waals surface area contributed by atoms with Crippen LogP contribution in [0.25, 0.3) is 0 Å². The van der Waals surface area contributed by atoms with Crippen LogP contribution in [-0.2, 0) is 19.6 Å². The van der Waals surface area contributed by atoms with Gasteiger partial charge in [0.1, 0.15) is 11.9 Å². The van der Waals surface area contributed by atoms with Crippen molar-refractivity contribution in [1.82, 2.24) is 9.21 Å². The van der Waals surface area contributed by atoms with Crippen molar-refractivity contribution in [2.75, 3.05) is 33.0 Å². The van der Waals surface area contributed by atoms with E-state index in [2.05, 4.69) is 4.74 Å². The molecule has 0 N–H and O–H groups in total. The fourth-order valence-electron chi connectivity index (χ4n) is 2.48. The van der Waals surface area contributed by atoms with Crippen LogP contribution in [0.15, 0.2) is 24.3 Å². The number of nitrogens with zero attached hydrogens (tertiary/aromatic N) is 2. The predicted octanol–water partition coefficient (Wildman–Crippen LogP) is 0.0847. The van der Waals surface area contributed by atoms with E-state index < -0.39 is 33.8 Å². The average molecular weight is 344 g/mol. The zero-order chi connectivity index (χ0) is 17.2. The molecular formula is C14H17FN2O5S. The largest absolute Gasteiger partial charge is 0.468 e. The van der Waals surface area contributed by atoms with Crippen molar-refractivity contribution in [3.05, 3.63) is 35.6 Å². The second kappa shape index (κ2) is 6.63. The van der Waals surface area contributed by atoms with Gasteiger partial charge in [0.2, 0.25) is 10.0 Å². The summed E-state index contributed by atoms with van der Waals surface area (Å²) in [5, 5.41) is 0. The molecule has 0 radical (unpaired) electrons. The lowest BCUT2D eigenvalue weighted by Crippen LogP contribution is -2.59. The highest BCUT2D eigenvalue weighted by Crippen LogP contribution is 2.17. The van der Waals surface area contributed by atoms with Crippen molar-refractivity contribution < 1.29 is 27.1 Å². The number of methoxy groups -OCH3 is 1. The Labute approximate surface area is 133 Å². The van der Waals surface area contributed by atoms with Gasteiger partial charge in [0.25, 0.3) is 5.91 Å². The van der Waals surface area contributed by atoms with E-state index in [-0.39, 0.29) is 25.2 Å². The lowest BCUT2D eigenvalue weighted by molar-refractivity contribution is -0.146. The summed E-state index contributed by atoms with van der Waals surface area (Å²) < 4.78 is 42.4. The van der Waals surface area contributed by atoms with Gasteiger partial charge >= 0.3 is 5.97 Å². The van der Waals surface area contributed by atoms with Gasteiger partial charge < -0.3 is 9.64 Å². The molecule has 0 spiro atoms. The molecule has 0 saturated carbocycles. The molecule has 2 rings (SSSR count). The molecule has 0 aromatic heterocycles. The quantitative estimate of drug-likeness (QED) is 0.726. The third-order valence-electron chi connectivity index (χ3n) is 3.59. The number of sulfonamides is 1. The van der Waals surface area contributed by atoms with E-state index in [4.69, 9.17) is 0 Å². The third-order valence-corrected chi connectivity index (χ3v) is 4.88. The molecule has 1 atom stereocenters. The van der Waals surface area contributed by atoms with Crippen LogP contribution in [0.2, 0.25) is 0 Å². The van der Waals surface area contributed by atoms with Crippen molar-refractivity contribution in [2.24, 2.45) is 0 Å². The van der Waals surface area contributed by atoms with Gasteiger partial charge in [-0.2, -0.15) is 4.31 Å². The second-order valence-corrected chi connectivity index (χ2v) is 7.11. The van der Waals surface area contributed by atoms with Gasteiger partial charge in [0.05, 0.1) is 13.4 Å². The van der Waals surface area contributed by atoms with E-state index in [1.165, 1.54) is 23.1 Å². The third kappa shape index (κ3) is 3.85. The average Bonchev–Trinajstić information content (AvgIpc) is 2.52. The molecule has 1 aromatic rings. The highest BCUT2D eigenvalue weighted by molar-refractivity contribution is 7.88. The number of benzene rings is 1. The summed E-state index contributed by atoms with van der Waals surface area (Å²) in [6.45, 7) is -0.0648. The first-order valence-electron chi connectivity index (χ1n) is 6.83. The highest BCUT2D eigenvalue weighted by Gasteiger charge is 2.39. The van der Waals surface area contributed by atoms with Crippen LogP contribution in [0.1, 0.15) is 10.4 Å². The Bertz CT molecular complexity index is 722. The first-order chi connectivity index (χ1) is 10.7. The number of carbonyl (C=O) groups excluding carboxylic acids is 2. The Balaban J connectivity index is 2.24. The number of ether oxygens (including phenoxy) is 1. The number of halogens is 1. The van der Waals surface area contributed by atoms with Gasteiger partial charge in [-0.05, 0) is 18.2 Å². The number of esters is 1. The first kappa shape index (κ1) is 17.4. The maximum absolute atomic E-state index is 13.2. The smallest absolute Gasteiger partial charge is 0.326 e. The molecule has 1 aliphatic heterocycles. The maximum atomic E-state index is 13.2. The normalized spacial score (nSPS) is 19.4. The molecule has 1 aliphatic rings. The van der Waals surface area contributed by atoms with E-state index in [9.17, 15) is 22.4 Å². The number of amides is 1. The predicted molar refractivity (Wildman–Crippen MR) is 79.7 cm³/mol. The fourth-order valence-corrected chi connectivity index (χ4v) is 3.51. The minimum atomic E-state index is -3.62. The van der Waals surface area contributed by atoms with E-state index in [0.29, 0.717) is 0 Å². The molecule has 1 fully saturated rings. The second-order valence-electron chi connectivity index (χ2n) is 5.17. The summed E-state index contributed by atoms with van der Waals surface area (Å²) >= 11 is 0. The van der Waals surface area contributed by atoms with Crippen LogP contribution in [0, 0.1) is 5.82 Å². The van der Waals surface area contributed by atoms with E-state index >= 15 is 0 Å².